The van der Waals surface area contributed by atoms with Crippen molar-refractivity contribution in [1.29, 1.82) is 0 Å². The predicted octanol–water partition coefficient (Wildman–Crippen LogP) is 2.69. The summed E-state index contributed by atoms with van der Waals surface area (Å²) in [5.74, 6) is 1.35. The van der Waals surface area contributed by atoms with Crippen molar-refractivity contribution in [2.45, 2.75) is 25.2 Å². The van der Waals surface area contributed by atoms with Gasteiger partial charge in [0.1, 0.15) is 5.82 Å². The second kappa shape index (κ2) is 4.31. The van der Waals surface area contributed by atoms with Crippen LogP contribution in [0.15, 0.2) is 23.1 Å². The quantitative estimate of drug-likeness (QED) is 0.874. The molecule has 1 heterocycles. The largest absolute Gasteiger partial charge is 0.342 e. The first-order valence-electron chi connectivity index (χ1n) is 5.29. The molecule has 0 amide bonds. The Kier molecular flexibility index (Phi) is 3.14. The molecular weight excluding hydrogens is 260 g/mol. The number of nitrogens with one attached hydrogen (secondary N) is 1. The van der Waals surface area contributed by atoms with Crippen LogP contribution in [0, 0.1) is 5.92 Å². The van der Waals surface area contributed by atoms with Crippen LogP contribution in [0.3, 0.4) is 0 Å². The Balaban J connectivity index is 2.48. The predicted molar refractivity (Wildman–Crippen MR) is 67.7 cm³/mol. The van der Waals surface area contributed by atoms with Gasteiger partial charge in [-0.05, 0) is 24.1 Å². The number of aromatic nitrogens is 2. The third-order valence-electron chi connectivity index (χ3n) is 2.39. The van der Waals surface area contributed by atoms with E-state index in [-0.39, 0.29) is 4.90 Å². The van der Waals surface area contributed by atoms with Gasteiger partial charge in [-0.25, -0.2) is 13.4 Å². The minimum Gasteiger partial charge on any atom is -0.342 e. The maximum atomic E-state index is 11.2. The summed E-state index contributed by atoms with van der Waals surface area (Å²) in [4.78, 5) is 7.58. The van der Waals surface area contributed by atoms with E-state index in [0.29, 0.717) is 11.4 Å². The summed E-state index contributed by atoms with van der Waals surface area (Å²) in [5, 5.41) is 0. The first-order valence-corrected chi connectivity index (χ1v) is 7.60. The third kappa shape index (κ3) is 2.79. The van der Waals surface area contributed by atoms with E-state index in [0.717, 1.165) is 17.8 Å². The topological polar surface area (TPSA) is 62.8 Å². The highest BCUT2D eigenvalue weighted by atomic mass is 35.7. The fourth-order valence-corrected chi connectivity index (χ4v) is 2.45. The van der Waals surface area contributed by atoms with Crippen molar-refractivity contribution in [1.82, 2.24) is 9.97 Å². The molecule has 0 aliphatic carbocycles. The average molecular weight is 273 g/mol. The molecule has 17 heavy (non-hydrogen) atoms. The zero-order valence-electron chi connectivity index (χ0n) is 9.57. The lowest BCUT2D eigenvalue weighted by Gasteiger charge is -1.98. The standard InChI is InChI=1S/C11H13ClN2O2S/c1-7(2)5-11-13-9-4-3-8(17(12,15)16)6-10(9)14-11/h3-4,6-7H,5H2,1-2H3,(H,13,14). The molecule has 1 aromatic heterocycles. The molecule has 0 unspecified atom stereocenters. The van der Waals surface area contributed by atoms with Gasteiger partial charge in [0.2, 0.25) is 0 Å². The van der Waals surface area contributed by atoms with Gasteiger partial charge in [-0.2, -0.15) is 0 Å². The smallest absolute Gasteiger partial charge is 0.261 e. The molecule has 92 valence electrons. The molecule has 4 nitrogen and oxygen atoms in total. The van der Waals surface area contributed by atoms with Crippen LogP contribution in [0.5, 0.6) is 0 Å². The van der Waals surface area contributed by atoms with Crippen molar-refractivity contribution in [3.8, 4) is 0 Å². The highest BCUT2D eigenvalue weighted by Crippen LogP contribution is 2.20. The molecule has 1 N–H and O–H groups in total. The molecule has 2 aromatic rings. The van der Waals surface area contributed by atoms with Crippen molar-refractivity contribution in [2.75, 3.05) is 0 Å². The normalized spacial score (nSPS) is 12.5. The minimum absolute atomic E-state index is 0.0893. The summed E-state index contributed by atoms with van der Waals surface area (Å²) in [5.41, 5.74) is 1.45. The molecule has 2 rings (SSSR count). The van der Waals surface area contributed by atoms with E-state index < -0.39 is 9.05 Å². The van der Waals surface area contributed by atoms with Crippen LogP contribution in [-0.4, -0.2) is 18.4 Å². The van der Waals surface area contributed by atoms with Gasteiger partial charge in [0.05, 0.1) is 15.9 Å². The van der Waals surface area contributed by atoms with E-state index in [1.165, 1.54) is 12.1 Å². The maximum absolute atomic E-state index is 11.2. The van der Waals surface area contributed by atoms with Gasteiger partial charge >= 0.3 is 0 Å². The molecular formula is C11H13ClN2O2S. The second-order valence-electron chi connectivity index (χ2n) is 4.40. The lowest BCUT2D eigenvalue weighted by molar-refractivity contribution is 0.609. The molecule has 0 atom stereocenters. The molecule has 6 heteroatoms. The van der Waals surface area contributed by atoms with Gasteiger partial charge in [-0.1, -0.05) is 13.8 Å². The number of nitrogens with zero attached hydrogens (tertiary/aromatic N) is 1. The van der Waals surface area contributed by atoms with Gasteiger partial charge in [0, 0.05) is 17.1 Å². The Labute approximate surface area is 104 Å². The summed E-state index contributed by atoms with van der Waals surface area (Å²) in [7, 11) is 1.60. The lowest BCUT2D eigenvalue weighted by Crippen LogP contribution is -1.95. The molecule has 0 saturated heterocycles. The summed E-state index contributed by atoms with van der Waals surface area (Å²) < 4.78 is 22.4. The number of imidazole rings is 1. The average Bonchev–Trinajstić information content (AvgIpc) is 2.55. The Morgan fingerprint density at radius 2 is 2.12 bits per heavy atom. The number of rotatable bonds is 3. The SMILES string of the molecule is CC(C)Cc1nc2ccc(S(=O)(=O)Cl)cc2[nH]1. The number of fused-ring (bicyclic) bond motifs is 1. The summed E-state index contributed by atoms with van der Waals surface area (Å²) >= 11 is 0. The van der Waals surface area contributed by atoms with Gasteiger partial charge in [-0.15, -0.1) is 0 Å². The van der Waals surface area contributed by atoms with Crippen molar-refractivity contribution >= 4 is 30.8 Å². The third-order valence-corrected chi connectivity index (χ3v) is 3.74. The number of aromatic amines is 1. The maximum Gasteiger partial charge on any atom is 0.261 e. The van der Waals surface area contributed by atoms with Crippen LogP contribution in [0.4, 0.5) is 0 Å². The van der Waals surface area contributed by atoms with Gasteiger partial charge in [-0.3, -0.25) is 0 Å². The molecule has 0 aliphatic heterocycles. The summed E-state index contributed by atoms with van der Waals surface area (Å²) in [6, 6.07) is 4.63. The fourth-order valence-electron chi connectivity index (χ4n) is 1.68. The molecule has 0 spiro atoms. The second-order valence-corrected chi connectivity index (χ2v) is 6.96. The van der Waals surface area contributed by atoms with E-state index in [2.05, 4.69) is 23.8 Å². The van der Waals surface area contributed by atoms with E-state index in [4.69, 9.17) is 10.7 Å². The molecule has 1 aromatic carbocycles. The fraction of sp³-hybridized carbons (Fsp3) is 0.364. The first kappa shape index (κ1) is 12.4. The van der Waals surface area contributed by atoms with E-state index in [9.17, 15) is 8.42 Å². The Morgan fingerprint density at radius 3 is 2.71 bits per heavy atom. The van der Waals surface area contributed by atoms with Crippen LogP contribution < -0.4 is 0 Å². The summed E-state index contributed by atoms with van der Waals surface area (Å²) in [6.45, 7) is 4.20. The van der Waals surface area contributed by atoms with Crippen LogP contribution in [0.2, 0.25) is 0 Å². The number of hydrogen-bond donors (Lipinski definition) is 1. The Hall–Kier alpha value is -1.07. The highest BCUT2D eigenvalue weighted by molar-refractivity contribution is 8.13. The Morgan fingerprint density at radius 1 is 1.41 bits per heavy atom. The number of hydrogen-bond acceptors (Lipinski definition) is 3. The zero-order valence-corrected chi connectivity index (χ0v) is 11.1. The molecule has 0 bridgehead atoms. The first-order chi connectivity index (χ1) is 7.86. The number of H-pyrrole nitrogens is 1. The molecule has 0 fully saturated rings. The zero-order chi connectivity index (χ0) is 12.6. The number of benzene rings is 1. The van der Waals surface area contributed by atoms with Crippen molar-refractivity contribution in [3.05, 3.63) is 24.0 Å². The molecule has 0 aliphatic rings. The van der Waals surface area contributed by atoms with Gasteiger partial charge in [0.25, 0.3) is 9.05 Å². The number of halogens is 1. The summed E-state index contributed by atoms with van der Waals surface area (Å²) in [6.07, 6.45) is 0.831. The van der Waals surface area contributed by atoms with Crippen LogP contribution >= 0.6 is 10.7 Å². The van der Waals surface area contributed by atoms with Crippen molar-refractivity contribution < 1.29 is 8.42 Å². The van der Waals surface area contributed by atoms with E-state index in [1.54, 1.807) is 6.07 Å². The van der Waals surface area contributed by atoms with Crippen LogP contribution in [0.1, 0.15) is 19.7 Å². The van der Waals surface area contributed by atoms with Crippen LogP contribution in [0.25, 0.3) is 11.0 Å². The van der Waals surface area contributed by atoms with E-state index >= 15 is 0 Å². The molecule has 0 saturated carbocycles. The highest BCUT2D eigenvalue weighted by Gasteiger charge is 2.12. The van der Waals surface area contributed by atoms with Gasteiger partial charge < -0.3 is 4.98 Å². The van der Waals surface area contributed by atoms with Crippen LogP contribution in [-0.2, 0) is 15.5 Å². The molecule has 0 radical (unpaired) electrons. The van der Waals surface area contributed by atoms with Crippen molar-refractivity contribution in [3.63, 3.8) is 0 Å². The minimum atomic E-state index is -3.68. The van der Waals surface area contributed by atoms with Crippen molar-refractivity contribution in [2.24, 2.45) is 5.92 Å². The monoisotopic (exact) mass is 272 g/mol. The van der Waals surface area contributed by atoms with E-state index in [1.807, 2.05) is 0 Å². The lowest BCUT2D eigenvalue weighted by atomic mass is 10.1. The Bertz CT molecular complexity index is 647. The van der Waals surface area contributed by atoms with Gasteiger partial charge in [0.15, 0.2) is 0 Å².